The summed E-state index contributed by atoms with van der Waals surface area (Å²) in [5.41, 5.74) is 1.68. The van der Waals surface area contributed by atoms with Crippen LogP contribution in [0.5, 0.6) is 0 Å². The van der Waals surface area contributed by atoms with E-state index >= 15 is 0 Å². The predicted octanol–water partition coefficient (Wildman–Crippen LogP) is 4.21. The van der Waals surface area contributed by atoms with E-state index in [1.54, 1.807) is 30.7 Å². The first-order chi connectivity index (χ1) is 8.25. The number of halogens is 2. The Kier molecular flexibility index (Phi) is 4.03. The van der Waals surface area contributed by atoms with Gasteiger partial charge < -0.3 is 9.73 Å². The third-order valence-corrected chi connectivity index (χ3v) is 2.95. The second-order valence-corrected chi connectivity index (χ2v) is 4.39. The molecule has 0 aliphatic carbocycles. The number of para-hydroxylation sites is 1. The molecule has 17 heavy (non-hydrogen) atoms. The molecule has 0 spiro atoms. The first-order valence-electron chi connectivity index (χ1n) is 5.04. The van der Waals surface area contributed by atoms with E-state index in [2.05, 4.69) is 5.32 Å². The van der Waals surface area contributed by atoms with Crippen molar-refractivity contribution in [1.82, 2.24) is 0 Å². The summed E-state index contributed by atoms with van der Waals surface area (Å²) in [4.78, 5) is 0.547. The molecule has 0 amide bonds. The van der Waals surface area contributed by atoms with Gasteiger partial charge in [-0.25, -0.2) is 0 Å². The standard InChI is InChI=1S/C12H11F2NOS/c13-12(14)17-11-4-2-1-3-10(11)15-7-9-5-6-16-8-9/h1-6,8,12,15H,7H2. The zero-order valence-corrected chi connectivity index (χ0v) is 9.71. The molecule has 0 saturated carbocycles. The van der Waals surface area contributed by atoms with Crippen LogP contribution in [0.4, 0.5) is 14.5 Å². The molecule has 90 valence electrons. The number of rotatable bonds is 5. The van der Waals surface area contributed by atoms with E-state index in [1.165, 1.54) is 0 Å². The summed E-state index contributed by atoms with van der Waals surface area (Å²) in [6.07, 6.45) is 3.20. The summed E-state index contributed by atoms with van der Waals surface area (Å²) in [5, 5.41) is 3.11. The van der Waals surface area contributed by atoms with Gasteiger partial charge in [0.25, 0.3) is 5.76 Å². The zero-order valence-electron chi connectivity index (χ0n) is 8.90. The fraction of sp³-hybridized carbons (Fsp3) is 0.167. The van der Waals surface area contributed by atoms with Crippen molar-refractivity contribution >= 4 is 17.4 Å². The van der Waals surface area contributed by atoms with Crippen molar-refractivity contribution in [2.45, 2.75) is 17.2 Å². The Morgan fingerprint density at radius 3 is 2.76 bits per heavy atom. The summed E-state index contributed by atoms with van der Waals surface area (Å²) in [7, 11) is 0. The summed E-state index contributed by atoms with van der Waals surface area (Å²) >= 11 is 0.543. The molecule has 0 saturated heterocycles. The van der Waals surface area contributed by atoms with Gasteiger partial charge >= 0.3 is 0 Å². The third-order valence-electron chi connectivity index (χ3n) is 2.17. The number of furan rings is 1. The predicted molar refractivity (Wildman–Crippen MR) is 64.3 cm³/mol. The van der Waals surface area contributed by atoms with Gasteiger partial charge in [0.15, 0.2) is 0 Å². The molecule has 0 bridgehead atoms. The van der Waals surface area contributed by atoms with Crippen LogP contribution in [0, 0.1) is 0 Å². The van der Waals surface area contributed by atoms with Crippen molar-refractivity contribution in [1.29, 1.82) is 0 Å². The van der Waals surface area contributed by atoms with E-state index in [-0.39, 0.29) is 0 Å². The molecule has 2 nitrogen and oxygen atoms in total. The van der Waals surface area contributed by atoms with Crippen LogP contribution in [0.25, 0.3) is 0 Å². The fourth-order valence-electron chi connectivity index (χ4n) is 1.40. The van der Waals surface area contributed by atoms with Gasteiger partial charge in [-0.1, -0.05) is 23.9 Å². The lowest BCUT2D eigenvalue weighted by atomic mass is 10.3. The van der Waals surface area contributed by atoms with Crippen molar-refractivity contribution in [3.05, 3.63) is 48.4 Å². The Morgan fingerprint density at radius 1 is 1.24 bits per heavy atom. The summed E-state index contributed by atoms with van der Waals surface area (Å²) in [5.74, 6) is -2.41. The second-order valence-electron chi connectivity index (χ2n) is 3.36. The smallest absolute Gasteiger partial charge is 0.288 e. The van der Waals surface area contributed by atoms with Crippen LogP contribution in [0.1, 0.15) is 5.56 Å². The van der Waals surface area contributed by atoms with Crippen LogP contribution >= 0.6 is 11.8 Å². The van der Waals surface area contributed by atoms with Crippen molar-refractivity contribution in [2.75, 3.05) is 5.32 Å². The average Bonchev–Trinajstić information content (AvgIpc) is 2.80. The molecule has 1 heterocycles. The van der Waals surface area contributed by atoms with E-state index in [9.17, 15) is 8.78 Å². The van der Waals surface area contributed by atoms with Gasteiger partial charge in [0.05, 0.1) is 12.5 Å². The molecule has 0 unspecified atom stereocenters. The van der Waals surface area contributed by atoms with Crippen molar-refractivity contribution < 1.29 is 13.2 Å². The van der Waals surface area contributed by atoms with E-state index in [0.29, 0.717) is 28.9 Å². The number of hydrogen-bond donors (Lipinski definition) is 1. The maximum absolute atomic E-state index is 12.3. The van der Waals surface area contributed by atoms with Gasteiger partial charge in [-0.3, -0.25) is 0 Å². The molecule has 0 aliphatic rings. The molecule has 0 aliphatic heterocycles. The Balaban J connectivity index is 2.04. The molecular formula is C12H11F2NOS. The van der Waals surface area contributed by atoms with Crippen LogP contribution < -0.4 is 5.32 Å². The van der Waals surface area contributed by atoms with Gasteiger partial charge in [-0.2, -0.15) is 8.78 Å². The first-order valence-corrected chi connectivity index (χ1v) is 5.92. The molecule has 0 radical (unpaired) electrons. The highest BCUT2D eigenvalue weighted by Gasteiger charge is 2.09. The lowest BCUT2D eigenvalue weighted by Crippen LogP contribution is -1.99. The van der Waals surface area contributed by atoms with Crippen molar-refractivity contribution in [3.63, 3.8) is 0 Å². The van der Waals surface area contributed by atoms with E-state index in [4.69, 9.17) is 4.42 Å². The summed E-state index contributed by atoms with van der Waals surface area (Å²) < 4.78 is 29.6. The highest BCUT2D eigenvalue weighted by atomic mass is 32.2. The third kappa shape index (κ3) is 3.49. The van der Waals surface area contributed by atoms with E-state index < -0.39 is 5.76 Å². The Hall–Kier alpha value is -1.49. The molecule has 0 fully saturated rings. The van der Waals surface area contributed by atoms with Gasteiger partial charge in [-0.15, -0.1) is 0 Å². The first kappa shape index (κ1) is 12.0. The summed E-state index contributed by atoms with van der Waals surface area (Å²) in [6, 6.07) is 8.84. The maximum Gasteiger partial charge on any atom is 0.288 e. The van der Waals surface area contributed by atoms with Crippen molar-refractivity contribution in [2.24, 2.45) is 0 Å². The Morgan fingerprint density at radius 2 is 2.06 bits per heavy atom. The normalized spacial score (nSPS) is 10.8. The highest BCUT2D eigenvalue weighted by molar-refractivity contribution is 7.99. The lowest BCUT2D eigenvalue weighted by Gasteiger charge is -2.10. The van der Waals surface area contributed by atoms with E-state index in [0.717, 1.165) is 5.56 Å². The quantitative estimate of drug-likeness (QED) is 0.810. The maximum atomic E-state index is 12.3. The molecule has 1 N–H and O–H groups in total. The van der Waals surface area contributed by atoms with Crippen LogP contribution in [0.2, 0.25) is 0 Å². The van der Waals surface area contributed by atoms with Crippen molar-refractivity contribution in [3.8, 4) is 0 Å². The fourth-order valence-corrected chi connectivity index (χ4v) is 2.02. The molecule has 0 atom stereocenters. The minimum Gasteiger partial charge on any atom is -0.472 e. The number of alkyl halides is 2. The molecule has 2 rings (SSSR count). The zero-order chi connectivity index (χ0) is 12.1. The highest BCUT2D eigenvalue weighted by Crippen LogP contribution is 2.31. The van der Waals surface area contributed by atoms with Gasteiger partial charge in [-0.05, 0) is 18.2 Å². The molecule has 1 aromatic carbocycles. The van der Waals surface area contributed by atoms with Gasteiger partial charge in [0, 0.05) is 22.7 Å². The Labute approximate surface area is 102 Å². The summed E-state index contributed by atoms with van der Waals surface area (Å²) in [6.45, 7) is 0.553. The number of hydrogen-bond acceptors (Lipinski definition) is 3. The number of thioether (sulfide) groups is 1. The number of benzene rings is 1. The molecule has 1 aromatic heterocycles. The number of anilines is 1. The van der Waals surface area contributed by atoms with E-state index in [1.807, 2.05) is 12.1 Å². The SMILES string of the molecule is FC(F)Sc1ccccc1NCc1ccoc1. The molecule has 2 aromatic rings. The monoisotopic (exact) mass is 255 g/mol. The van der Waals surface area contributed by atoms with Gasteiger partial charge in [0.2, 0.25) is 0 Å². The largest absolute Gasteiger partial charge is 0.472 e. The minimum atomic E-state index is -2.41. The topological polar surface area (TPSA) is 25.2 Å². The number of nitrogens with one attached hydrogen (secondary N) is 1. The average molecular weight is 255 g/mol. The molecule has 5 heteroatoms. The Bertz CT molecular complexity index is 459. The minimum absolute atomic E-state index is 0.543. The van der Waals surface area contributed by atoms with Crippen LogP contribution in [-0.4, -0.2) is 5.76 Å². The van der Waals surface area contributed by atoms with Crippen LogP contribution in [0.15, 0.2) is 52.2 Å². The second kappa shape index (κ2) is 5.72. The van der Waals surface area contributed by atoms with Gasteiger partial charge in [0.1, 0.15) is 0 Å². The lowest BCUT2D eigenvalue weighted by molar-refractivity contribution is 0.252. The van der Waals surface area contributed by atoms with Crippen LogP contribution in [-0.2, 0) is 6.54 Å². The van der Waals surface area contributed by atoms with Crippen LogP contribution in [0.3, 0.4) is 0 Å². The molecular weight excluding hydrogens is 244 g/mol.